The van der Waals surface area contributed by atoms with E-state index in [1.54, 1.807) is 35.7 Å². The molecule has 0 aromatic heterocycles. The molecule has 2 aromatic carbocycles. The molecule has 2 aliphatic rings. The van der Waals surface area contributed by atoms with Crippen molar-refractivity contribution in [3.63, 3.8) is 0 Å². The van der Waals surface area contributed by atoms with E-state index in [9.17, 15) is 8.42 Å². The molecule has 2 fully saturated rings. The Morgan fingerprint density at radius 3 is 2.15 bits per heavy atom. The zero-order valence-electron chi connectivity index (χ0n) is 20.7. The Hall–Kier alpha value is -2.09. The van der Waals surface area contributed by atoms with Gasteiger partial charge in [-0.2, -0.15) is 4.31 Å². The van der Waals surface area contributed by atoms with Gasteiger partial charge in [0.05, 0.1) is 18.6 Å². The van der Waals surface area contributed by atoms with E-state index in [1.807, 2.05) is 6.07 Å². The third-order valence-corrected chi connectivity index (χ3v) is 9.25. The lowest BCUT2D eigenvalue weighted by molar-refractivity contribution is 0.0525. The SMILES string of the molecule is COc1ccc(S(=O)(=O)N2CCC3(CCN(Cc4ccccc4OCC(C)C)CC3)CC2)cc1. The summed E-state index contributed by atoms with van der Waals surface area (Å²) in [6, 6.07) is 15.1. The van der Waals surface area contributed by atoms with Gasteiger partial charge in [0.15, 0.2) is 0 Å². The molecule has 0 radical (unpaired) electrons. The molecule has 0 saturated carbocycles. The van der Waals surface area contributed by atoms with Crippen molar-refractivity contribution in [3.05, 3.63) is 54.1 Å². The van der Waals surface area contributed by atoms with E-state index < -0.39 is 10.0 Å². The van der Waals surface area contributed by atoms with E-state index in [4.69, 9.17) is 9.47 Å². The maximum atomic E-state index is 13.1. The van der Waals surface area contributed by atoms with Crippen molar-refractivity contribution in [1.82, 2.24) is 9.21 Å². The molecule has 0 bridgehead atoms. The number of hydrogen-bond acceptors (Lipinski definition) is 5. The van der Waals surface area contributed by atoms with E-state index in [0.717, 1.165) is 57.7 Å². The van der Waals surface area contributed by atoms with Crippen LogP contribution in [0.2, 0.25) is 0 Å². The number of para-hydroxylation sites is 1. The maximum Gasteiger partial charge on any atom is 0.243 e. The molecule has 2 aromatic rings. The summed E-state index contributed by atoms with van der Waals surface area (Å²) < 4.78 is 39.1. The Bertz CT molecular complexity index is 1030. The Morgan fingerprint density at radius 2 is 1.53 bits per heavy atom. The van der Waals surface area contributed by atoms with Crippen molar-refractivity contribution in [2.45, 2.75) is 51.0 Å². The third kappa shape index (κ3) is 5.75. The molecule has 0 atom stereocenters. The fourth-order valence-corrected chi connectivity index (χ4v) is 6.50. The minimum Gasteiger partial charge on any atom is -0.497 e. The average Bonchev–Trinajstić information content (AvgIpc) is 2.85. The first-order valence-corrected chi connectivity index (χ1v) is 13.8. The molecule has 1 spiro atoms. The molecule has 0 aliphatic carbocycles. The lowest BCUT2D eigenvalue weighted by Gasteiger charge is -2.46. The summed E-state index contributed by atoms with van der Waals surface area (Å²) >= 11 is 0. The summed E-state index contributed by atoms with van der Waals surface area (Å²) in [5, 5.41) is 0. The van der Waals surface area contributed by atoms with Crippen LogP contribution in [-0.2, 0) is 16.6 Å². The van der Waals surface area contributed by atoms with E-state index in [2.05, 4.69) is 36.9 Å². The van der Waals surface area contributed by atoms with Crippen molar-refractivity contribution >= 4 is 10.0 Å². The second-order valence-electron chi connectivity index (χ2n) is 10.2. The van der Waals surface area contributed by atoms with Crippen LogP contribution in [0.25, 0.3) is 0 Å². The Labute approximate surface area is 204 Å². The highest BCUT2D eigenvalue weighted by molar-refractivity contribution is 7.89. The van der Waals surface area contributed by atoms with Crippen molar-refractivity contribution in [2.24, 2.45) is 11.3 Å². The predicted molar refractivity (Wildman–Crippen MR) is 135 cm³/mol. The molecule has 4 rings (SSSR count). The Morgan fingerprint density at radius 1 is 0.912 bits per heavy atom. The van der Waals surface area contributed by atoms with Crippen molar-refractivity contribution in [1.29, 1.82) is 0 Å². The number of likely N-dealkylation sites (tertiary alicyclic amines) is 1. The van der Waals surface area contributed by atoms with Gasteiger partial charge in [0.1, 0.15) is 11.5 Å². The van der Waals surface area contributed by atoms with Gasteiger partial charge < -0.3 is 9.47 Å². The van der Waals surface area contributed by atoms with E-state index in [0.29, 0.717) is 29.7 Å². The Balaban J connectivity index is 1.31. The first-order valence-electron chi connectivity index (χ1n) is 12.4. The molecule has 0 N–H and O–H groups in total. The lowest BCUT2D eigenvalue weighted by atomic mass is 9.71. The molecule has 34 heavy (non-hydrogen) atoms. The number of methoxy groups -OCH3 is 1. The first-order chi connectivity index (χ1) is 16.3. The van der Waals surface area contributed by atoms with Crippen LogP contribution < -0.4 is 9.47 Å². The van der Waals surface area contributed by atoms with Crippen LogP contribution in [0.4, 0.5) is 0 Å². The van der Waals surface area contributed by atoms with Crippen molar-refractivity contribution in [3.8, 4) is 11.5 Å². The highest BCUT2D eigenvalue weighted by atomic mass is 32.2. The summed E-state index contributed by atoms with van der Waals surface area (Å²) in [4.78, 5) is 2.86. The topological polar surface area (TPSA) is 59.1 Å². The van der Waals surface area contributed by atoms with Crippen LogP contribution in [-0.4, -0.2) is 57.5 Å². The largest absolute Gasteiger partial charge is 0.497 e. The highest BCUT2D eigenvalue weighted by Crippen LogP contribution is 2.42. The molecular formula is C27H38N2O4S. The quantitative estimate of drug-likeness (QED) is 0.537. The second-order valence-corrected chi connectivity index (χ2v) is 12.1. The predicted octanol–water partition coefficient (Wildman–Crippen LogP) is 4.80. The normalized spacial score (nSPS) is 19.4. The number of ether oxygens (including phenoxy) is 2. The molecule has 7 heteroatoms. The number of nitrogens with zero attached hydrogens (tertiary/aromatic N) is 2. The monoisotopic (exact) mass is 486 g/mol. The zero-order chi connectivity index (χ0) is 24.2. The van der Waals surface area contributed by atoms with Gasteiger partial charge in [-0.25, -0.2) is 8.42 Å². The van der Waals surface area contributed by atoms with Crippen molar-refractivity contribution < 1.29 is 17.9 Å². The van der Waals surface area contributed by atoms with Crippen LogP contribution in [0.3, 0.4) is 0 Å². The van der Waals surface area contributed by atoms with Gasteiger partial charge in [0.25, 0.3) is 0 Å². The van der Waals surface area contributed by atoms with Gasteiger partial charge in [-0.3, -0.25) is 4.90 Å². The second kappa shape index (κ2) is 10.7. The molecule has 2 heterocycles. The average molecular weight is 487 g/mol. The molecule has 0 amide bonds. The van der Waals surface area contributed by atoms with E-state index in [-0.39, 0.29) is 5.41 Å². The number of benzene rings is 2. The molecule has 186 valence electrons. The lowest BCUT2D eigenvalue weighted by Crippen LogP contribution is -2.48. The van der Waals surface area contributed by atoms with Gasteiger partial charge >= 0.3 is 0 Å². The van der Waals surface area contributed by atoms with Crippen molar-refractivity contribution in [2.75, 3.05) is 39.9 Å². The fraction of sp³-hybridized carbons (Fsp3) is 0.556. The van der Waals surface area contributed by atoms with E-state index in [1.165, 1.54) is 5.56 Å². The summed E-state index contributed by atoms with van der Waals surface area (Å²) in [6.45, 7) is 9.26. The first kappa shape index (κ1) is 25.0. The molecule has 6 nitrogen and oxygen atoms in total. The van der Waals surface area contributed by atoms with Crippen LogP contribution in [0, 0.1) is 11.3 Å². The number of sulfonamides is 1. The number of hydrogen-bond donors (Lipinski definition) is 0. The smallest absolute Gasteiger partial charge is 0.243 e. The maximum absolute atomic E-state index is 13.1. The van der Waals surface area contributed by atoms with Gasteiger partial charge in [0.2, 0.25) is 10.0 Å². The summed E-state index contributed by atoms with van der Waals surface area (Å²) in [7, 11) is -1.88. The molecule has 2 aliphatic heterocycles. The summed E-state index contributed by atoms with van der Waals surface area (Å²) in [6.07, 6.45) is 4.12. The minimum absolute atomic E-state index is 0.260. The van der Waals surface area contributed by atoms with Gasteiger partial charge in [0, 0.05) is 25.2 Å². The van der Waals surface area contributed by atoms with E-state index >= 15 is 0 Å². The Kier molecular flexibility index (Phi) is 7.85. The number of rotatable bonds is 8. The summed E-state index contributed by atoms with van der Waals surface area (Å²) in [5.74, 6) is 2.16. The highest BCUT2D eigenvalue weighted by Gasteiger charge is 2.40. The zero-order valence-corrected chi connectivity index (χ0v) is 21.5. The summed E-state index contributed by atoms with van der Waals surface area (Å²) in [5.41, 5.74) is 1.51. The standard InChI is InChI=1S/C27H38N2O4S/c1-22(2)21-33-26-7-5-4-6-23(26)20-28-16-12-27(13-17-28)14-18-29(19-15-27)34(30,31)25-10-8-24(32-3)9-11-25/h4-11,22H,12-21H2,1-3H3. The molecule has 0 unspecified atom stereocenters. The van der Waals surface area contributed by atoms with Crippen LogP contribution in [0.15, 0.2) is 53.4 Å². The van der Waals surface area contributed by atoms with Gasteiger partial charge in [-0.15, -0.1) is 0 Å². The molecule has 2 saturated heterocycles. The van der Waals surface area contributed by atoms with Gasteiger partial charge in [-0.05, 0) is 80.4 Å². The minimum atomic E-state index is -3.46. The molecular weight excluding hydrogens is 448 g/mol. The third-order valence-electron chi connectivity index (χ3n) is 7.34. The number of piperidine rings is 2. The van der Waals surface area contributed by atoms with Crippen LogP contribution in [0.5, 0.6) is 11.5 Å². The van der Waals surface area contributed by atoms with Crippen LogP contribution in [0.1, 0.15) is 45.1 Å². The fourth-order valence-electron chi connectivity index (χ4n) is 5.06. The van der Waals surface area contributed by atoms with Gasteiger partial charge in [-0.1, -0.05) is 32.0 Å². The van der Waals surface area contributed by atoms with Crippen LogP contribution >= 0.6 is 0 Å².